The summed E-state index contributed by atoms with van der Waals surface area (Å²) >= 11 is 0. The van der Waals surface area contributed by atoms with Gasteiger partial charge in [-0.1, -0.05) is 44.2 Å². The first-order chi connectivity index (χ1) is 17.4. The lowest BCUT2D eigenvalue weighted by molar-refractivity contribution is -0.140. The number of Topliss-reactive ketones (excluding diaryl/α,β-unsaturated/α-hetero) is 1. The number of hydrogen-bond donors (Lipinski definition) is 1. The van der Waals surface area contributed by atoms with E-state index < -0.39 is 17.7 Å². The zero-order chi connectivity index (χ0) is 25.7. The molecule has 7 heteroatoms. The molecule has 0 saturated carbocycles. The topological polar surface area (TPSA) is 79.3 Å². The number of ketones is 1. The number of rotatable bonds is 9. The van der Waals surface area contributed by atoms with E-state index >= 15 is 0 Å². The minimum absolute atomic E-state index is 0.132. The normalized spacial score (nSPS) is 20.3. The monoisotopic (exact) mass is 492 g/mol. The fraction of sp³-hybridized carbons (Fsp3) is 0.448. The summed E-state index contributed by atoms with van der Waals surface area (Å²) in [6, 6.07) is 14.2. The number of nitrogens with zero attached hydrogens (tertiary/aromatic N) is 2. The minimum atomic E-state index is -0.648. The van der Waals surface area contributed by atoms with Crippen LogP contribution in [-0.2, 0) is 14.3 Å². The van der Waals surface area contributed by atoms with Crippen LogP contribution in [0.4, 0.5) is 0 Å². The van der Waals surface area contributed by atoms with Crippen molar-refractivity contribution in [3.8, 4) is 5.75 Å². The van der Waals surface area contributed by atoms with Crippen LogP contribution < -0.4 is 4.74 Å². The molecule has 192 valence electrons. The van der Waals surface area contributed by atoms with E-state index in [4.69, 9.17) is 9.47 Å². The maximum absolute atomic E-state index is 13.2. The summed E-state index contributed by atoms with van der Waals surface area (Å²) in [5.41, 5.74) is 2.29. The van der Waals surface area contributed by atoms with E-state index in [9.17, 15) is 14.7 Å². The molecule has 2 aliphatic rings. The molecule has 2 aromatic rings. The molecule has 2 aromatic carbocycles. The highest BCUT2D eigenvalue weighted by Gasteiger charge is 2.45. The van der Waals surface area contributed by atoms with E-state index in [1.807, 2.05) is 43.3 Å². The molecule has 7 nitrogen and oxygen atoms in total. The third-order valence-corrected chi connectivity index (χ3v) is 6.65. The number of ether oxygens (including phenoxy) is 2. The van der Waals surface area contributed by atoms with Crippen molar-refractivity contribution in [3.05, 3.63) is 70.8 Å². The summed E-state index contributed by atoms with van der Waals surface area (Å²) in [5, 5.41) is 11.3. The number of carbonyl (C=O) groups is 2. The second-order valence-electron chi connectivity index (χ2n) is 9.90. The van der Waals surface area contributed by atoms with Crippen LogP contribution in [0.1, 0.15) is 43.0 Å². The molecule has 2 saturated heterocycles. The molecule has 1 atom stereocenters. The third-order valence-electron chi connectivity index (χ3n) is 6.65. The molecule has 0 spiro atoms. The standard InChI is InChI=1S/C29H36N2O5/c1-20(2)19-36-24-11-10-23(18-21(24)3)27(32)25-26(22-8-5-4-6-9-22)31(29(34)28(25)33)13-7-12-30-14-16-35-17-15-30/h4-6,8-11,18,20,26,32H,7,12-17,19H2,1-3H3/b27-25+/t26-/m1/s1. The van der Waals surface area contributed by atoms with Crippen LogP contribution in [-0.4, -0.2) is 72.6 Å². The first-order valence-corrected chi connectivity index (χ1v) is 12.7. The summed E-state index contributed by atoms with van der Waals surface area (Å²) in [5.74, 6) is -0.242. The molecule has 1 amide bonds. The van der Waals surface area contributed by atoms with Gasteiger partial charge in [-0.05, 0) is 48.6 Å². The number of aryl methyl sites for hydroxylation is 1. The molecular weight excluding hydrogens is 456 g/mol. The van der Waals surface area contributed by atoms with Crippen LogP contribution in [0.2, 0.25) is 0 Å². The Balaban J connectivity index is 1.63. The maximum Gasteiger partial charge on any atom is 0.295 e. The van der Waals surface area contributed by atoms with Gasteiger partial charge in [0.2, 0.25) is 0 Å². The van der Waals surface area contributed by atoms with E-state index in [0.29, 0.717) is 24.6 Å². The van der Waals surface area contributed by atoms with E-state index in [1.54, 1.807) is 17.0 Å². The summed E-state index contributed by atoms with van der Waals surface area (Å²) in [6.45, 7) is 11.1. The predicted octanol–water partition coefficient (Wildman–Crippen LogP) is 4.17. The molecular formula is C29H36N2O5. The first-order valence-electron chi connectivity index (χ1n) is 12.7. The fourth-order valence-corrected chi connectivity index (χ4v) is 4.75. The van der Waals surface area contributed by atoms with Crippen LogP contribution in [0.5, 0.6) is 5.75 Å². The summed E-state index contributed by atoms with van der Waals surface area (Å²) < 4.78 is 11.3. The van der Waals surface area contributed by atoms with Gasteiger partial charge in [0.05, 0.1) is 31.4 Å². The van der Waals surface area contributed by atoms with E-state index in [-0.39, 0.29) is 11.3 Å². The Bertz CT molecular complexity index is 1110. The van der Waals surface area contributed by atoms with Crippen molar-refractivity contribution < 1.29 is 24.2 Å². The average molecular weight is 493 g/mol. The fourth-order valence-electron chi connectivity index (χ4n) is 4.75. The van der Waals surface area contributed by atoms with Crippen LogP contribution >= 0.6 is 0 Å². The molecule has 0 unspecified atom stereocenters. The van der Waals surface area contributed by atoms with Crippen LogP contribution in [0.3, 0.4) is 0 Å². The number of likely N-dealkylation sites (tertiary alicyclic amines) is 1. The maximum atomic E-state index is 13.2. The Morgan fingerprint density at radius 3 is 2.47 bits per heavy atom. The molecule has 2 aliphatic heterocycles. The van der Waals surface area contributed by atoms with Crippen molar-refractivity contribution in [2.45, 2.75) is 33.2 Å². The highest BCUT2D eigenvalue weighted by atomic mass is 16.5. The van der Waals surface area contributed by atoms with Gasteiger partial charge < -0.3 is 19.5 Å². The highest BCUT2D eigenvalue weighted by Crippen LogP contribution is 2.39. The quantitative estimate of drug-likeness (QED) is 0.322. The van der Waals surface area contributed by atoms with E-state index in [2.05, 4.69) is 18.7 Å². The summed E-state index contributed by atoms with van der Waals surface area (Å²) in [6.07, 6.45) is 0.734. The Labute approximate surface area is 213 Å². The smallest absolute Gasteiger partial charge is 0.295 e. The second kappa shape index (κ2) is 11.7. The lowest BCUT2D eigenvalue weighted by Gasteiger charge is -2.29. The molecule has 2 heterocycles. The number of hydrogen-bond acceptors (Lipinski definition) is 6. The van der Waals surface area contributed by atoms with Gasteiger partial charge >= 0.3 is 0 Å². The van der Waals surface area contributed by atoms with Gasteiger partial charge in [-0.25, -0.2) is 0 Å². The van der Waals surface area contributed by atoms with Crippen molar-refractivity contribution in [2.75, 3.05) is 46.0 Å². The van der Waals surface area contributed by atoms with Crippen LogP contribution in [0, 0.1) is 12.8 Å². The van der Waals surface area contributed by atoms with Crippen molar-refractivity contribution in [1.82, 2.24) is 9.80 Å². The zero-order valence-corrected chi connectivity index (χ0v) is 21.4. The lowest BCUT2D eigenvalue weighted by Crippen LogP contribution is -2.38. The predicted molar refractivity (Wildman–Crippen MR) is 139 cm³/mol. The highest BCUT2D eigenvalue weighted by molar-refractivity contribution is 6.46. The van der Waals surface area contributed by atoms with Gasteiger partial charge in [-0.3, -0.25) is 14.5 Å². The number of amides is 1. The van der Waals surface area contributed by atoms with Crippen LogP contribution in [0.25, 0.3) is 5.76 Å². The molecule has 1 N–H and O–H groups in total. The average Bonchev–Trinajstić information content (AvgIpc) is 3.13. The number of benzene rings is 2. The molecule has 0 aliphatic carbocycles. The number of morpholine rings is 1. The third kappa shape index (κ3) is 5.79. The first kappa shape index (κ1) is 25.9. The van der Waals surface area contributed by atoms with Gasteiger partial charge in [0.1, 0.15) is 11.5 Å². The Morgan fingerprint density at radius 1 is 1.08 bits per heavy atom. The minimum Gasteiger partial charge on any atom is -0.507 e. The number of carbonyl (C=O) groups excluding carboxylic acids is 2. The van der Waals surface area contributed by atoms with Gasteiger partial charge in [0.15, 0.2) is 0 Å². The molecule has 2 fully saturated rings. The Kier molecular flexibility index (Phi) is 8.44. The van der Waals surface area contributed by atoms with E-state index in [1.165, 1.54) is 0 Å². The molecule has 4 rings (SSSR count). The molecule has 0 radical (unpaired) electrons. The molecule has 0 bridgehead atoms. The number of aliphatic hydroxyl groups is 1. The van der Waals surface area contributed by atoms with Gasteiger partial charge in [-0.15, -0.1) is 0 Å². The molecule has 36 heavy (non-hydrogen) atoms. The Morgan fingerprint density at radius 2 is 1.81 bits per heavy atom. The van der Waals surface area contributed by atoms with Gasteiger partial charge in [0.25, 0.3) is 11.7 Å². The molecule has 0 aromatic heterocycles. The van der Waals surface area contributed by atoms with Gasteiger partial charge in [0, 0.05) is 31.7 Å². The summed E-state index contributed by atoms with van der Waals surface area (Å²) in [7, 11) is 0. The van der Waals surface area contributed by atoms with Crippen molar-refractivity contribution in [3.63, 3.8) is 0 Å². The summed E-state index contributed by atoms with van der Waals surface area (Å²) in [4.78, 5) is 30.3. The van der Waals surface area contributed by atoms with E-state index in [0.717, 1.165) is 56.1 Å². The second-order valence-corrected chi connectivity index (χ2v) is 9.90. The van der Waals surface area contributed by atoms with Crippen LogP contribution in [0.15, 0.2) is 54.1 Å². The lowest BCUT2D eigenvalue weighted by atomic mass is 9.94. The van der Waals surface area contributed by atoms with Crippen molar-refractivity contribution in [2.24, 2.45) is 5.92 Å². The largest absolute Gasteiger partial charge is 0.507 e. The van der Waals surface area contributed by atoms with Gasteiger partial charge in [-0.2, -0.15) is 0 Å². The number of aliphatic hydroxyl groups excluding tert-OH is 1. The van der Waals surface area contributed by atoms with Crippen molar-refractivity contribution in [1.29, 1.82) is 0 Å². The van der Waals surface area contributed by atoms with Crippen molar-refractivity contribution >= 4 is 17.4 Å². The Hall–Kier alpha value is -3.16. The zero-order valence-electron chi connectivity index (χ0n) is 21.4. The SMILES string of the molecule is Cc1cc(/C(O)=C2\C(=O)C(=O)N(CCCN3CCOCC3)[C@@H]2c2ccccc2)ccc1OCC(C)C.